The van der Waals surface area contributed by atoms with Gasteiger partial charge in [0, 0.05) is 11.0 Å². The average molecular weight is 347 g/mol. The summed E-state index contributed by atoms with van der Waals surface area (Å²) in [7, 11) is 0. The van der Waals surface area contributed by atoms with Crippen molar-refractivity contribution >= 4 is 39.2 Å². The van der Waals surface area contributed by atoms with Crippen molar-refractivity contribution in [2.24, 2.45) is 0 Å². The average Bonchev–Trinajstić information content (AvgIpc) is 2.75. The minimum absolute atomic E-state index is 0.797. The fourth-order valence-corrected chi connectivity index (χ4v) is 3.10. The molecule has 0 atom stereocenters. The van der Waals surface area contributed by atoms with Gasteiger partial charge in [-0.15, -0.1) is 0 Å². The molecule has 0 spiro atoms. The molecule has 102 valence electrons. The Kier molecular flexibility index (Phi) is 4.03. The summed E-state index contributed by atoms with van der Waals surface area (Å²) < 4.78 is 4.05. The SMILES string of the molecule is S=c1[nH]c2cc(Br)ccc2n1CCCc1ccccc1. The van der Waals surface area contributed by atoms with Crippen molar-refractivity contribution < 1.29 is 0 Å². The largest absolute Gasteiger partial charge is 0.331 e. The van der Waals surface area contributed by atoms with Gasteiger partial charge in [0.15, 0.2) is 4.77 Å². The van der Waals surface area contributed by atoms with Crippen LogP contribution in [0.25, 0.3) is 11.0 Å². The van der Waals surface area contributed by atoms with E-state index in [4.69, 9.17) is 12.2 Å². The number of H-pyrrole nitrogens is 1. The number of halogens is 1. The molecule has 2 aromatic carbocycles. The molecule has 2 nitrogen and oxygen atoms in total. The van der Waals surface area contributed by atoms with Gasteiger partial charge in [-0.25, -0.2) is 0 Å². The second kappa shape index (κ2) is 5.94. The second-order valence-corrected chi connectivity index (χ2v) is 6.13. The Labute approximate surface area is 131 Å². The first-order valence-electron chi connectivity index (χ1n) is 6.66. The molecular formula is C16H15BrN2S. The number of nitrogens with zero attached hydrogens (tertiary/aromatic N) is 1. The molecular weight excluding hydrogens is 332 g/mol. The first-order valence-corrected chi connectivity index (χ1v) is 7.86. The van der Waals surface area contributed by atoms with Crippen LogP contribution in [0, 0.1) is 4.77 Å². The smallest absolute Gasteiger partial charge is 0.178 e. The molecule has 0 amide bonds. The molecule has 0 saturated heterocycles. The fraction of sp³-hybridized carbons (Fsp3) is 0.188. The van der Waals surface area contributed by atoms with Crippen LogP contribution in [0.1, 0.15) is 12.0 Å². The summed E-state index contributed by atoms with van der Waals surface area (Å²) in [6.45, 7) is 0.940. The number of benzene rings is 2. The zero-order valence-electron chi connectivity index (χ0n) is 11.0. The lowest BCUT2D eigenvalue weighted by Crippen LogP contribution is -1.99. The zero-order chi connectivity index (χ0) is 13.9. The van der Waals surface area contributed by atoms with E-state index in [0.29, 0.717) is 0 Å². The van der Waals surface area contributed by atoms with E-state index in [1.165, 1.54) is 11.1 Å². The molecule has 1 aromatic heterocycles. The first-order chi connectivity index (χ1) is 9.74. The Morgan fingerprint density at radius 3 is 2.70 bits per heavy atom. The third kappa shape index (κ3) is 2.86. The van der Waals surface area contributed by atoms with Crippen LogP contribution in [0.3, 0.4) is 0 Å². The van der Waals surface area contributed by atoms with Crippen LogP contribution in [-0.4, -0.2) is 9.55 Å². The summed E-state index contributed by atoms with van der Waals surface area (Å²) in [4.78, 5) is 3.26. The number of rotatable bonds is 4. The van der Waals surface area contributed by atoms with E-state index in [1.54, 1.807) is 0 Å². The van der Waals surface area contributed by atoms with Crippen molar-refractivity contribution in [3.05, 3.63) is 63.3 Å². The van der Waals surface area contributed by atoms with E-state index < -0.39 is 0 Å². The number of aromatic amines is 1. The van der Waals surface area contributed by atoms with Gasteiger partial charge in [0.05, 0.1) is 11.0 Å². The van der Waals surface area contributed by atoms with Crippen molar-refractivity contribution in [1.82, 2.24) is 9.55 Å². The Morgan fingerprint density at radius 1 is 1.10 bits per heavy atom. The Morgan fingerprint density at radius 2 is 1.90 bits per heavy atom. The van der Waals surface area contributed by atoms with Gasteiger partial charge in [-0.1, -0.05) is 46.3 Å². The van der Waals surface area contributed by atoms with E-state index in [1.807, 2.05) is 0 Å². The Bertz CT molecular complexity index is 774. The Hall–Kier alpha value is -1.39. The summed E-state index contributed by atoms with van der Waals surface area (Å²) in [5.41, 5.74) is 3.64. The van der Waals surface area contributed by atoms with Gasteiger partial charge in [0.1, 0.15) is 0 Å². The van der Waals surface area contributed by atoms with Crippen LogP contribution in [-0.2, 0) is 13.0 Å². The molecule has 1 N–H and O–H groups in total. The second-order valence-electron chi connectivity index (χ2n) is 4.83. The molecule has 0 saturated carbocycles. The quantitative estimate of drug-likeness (QED) is 0.652. The van der Waals surface area contributed by atoms with Gasteiger partial charge in [0.2, 0.25) is 0 Å². The normalized spacial score (nSPS) is 11.1. The number of imidazole rings is 1. The minimum atomic E-state index is 0.797. The number of hydrogen-bond donors (Lipinski definition) is 1. The van der Waals surface area contributed by atoms with E-state index >= 15 is 0 Å². The molecule has 0 aliphatic rings. The lowest BCUT2D eigenvalue weighted by Gasteiger charge is -2.05. The number of aromatic nitrogens is 2. The van der Waals surface area contributed by atoms with Crippen LogP contribution >= 0.6 is 28.1 Å². The van der Waals surface area contributed by atoms with Crippen molar-refractivity contribution in [2.45, 2.75) is 19.4 Å². The third-order valence-electron chi connectivity index (χ3n) is 3.43. The molecule has 3 rings (SSSR count). The highest BCUT2D eigenvalue weighted by molar-refractivity contribution is 9.10. The first kappa shape index (κ1) is 13.6. The summed E-state index contributed by atoms with van der Waals surface area (Å²) in [5.74, 6) is 0. The third-order valence-corrected chi connectivity index (χ3v) is 4.24. The molecule has 0 fully saturated rings. The van der Waals surface area contributed by atoms with E-state index in [-0.39, 0.29) is 0 Å². The molecule has 0 bridgehead atoms. The molecule has 4 heteroatoms. The van der Waals surface area contributed by atoms with Gasteiger partial charge in [-0.3, -0.25) is 0 Å². The molecule has 0 aliphatic heterocycles. The predicted octanol–water partition coefficient (Wildman–Crippen LogP) is 5.09. The molecule has 0 unspecified atom stereocenters. The monoisotopic (exact) mass is 346 g/mol. The van der Waals surface area contributed by atoms with Crippen LogP contribution in [0.2, 0.25) is 0 Å². The number of hydrogen-bond acceptors (Lipinski definition) is 1. The standard InChI is InChI=1S/C16H15BrN2S/c17-13-8-9-15-14(11-13)18-16(20)19(15)10-4-7-12-5-2-1-3-6-12/h1-3,5-6,8-9,11H,4,7,10H2,(H,18,20). The van der Waals surface area contributed by atoms with Gasteiger partial charge < -0.3 is 9.55 Å². The van der Waals surface area contributed by atoms with E-state index in [9.17, 15) is 0 Å². The maximum atomic E-state index is 5.42. The summed E-state index contributed by atoms with van der Waals surface area (Å²) in [6.07, 6.45) is 2.16. The maximum Gasteiger partial charge on any atom is 0.178 e. The van der Waals surface area contributed by atoms with Gasteiger partial charge in [-0.05, 0) is 48.8 Å². The van der Waals surface area contributed by atoms with Gasteiger partial charge >= 0.3 is 0 Å². The van der Waals surface area contributed by atoms with Crippen LogP contribution in [0.15, 0.2) is 53.0 Å². The lowest BCUT2D eigenvalue weighted by molar-refractivity contribution is 0.650. The van der Waals surface area contributed by atoms with Crippen molar-refractivity contribution in [3.63, 3.8) is 0 Å². The number of nitrogens with one attached hydrogen (secondary N) is 1. The zero-order valence-corrected chi connectivity index (χ0v) is 13.4. The molecule has 20 heavy (non-hydrogen) atoms. The topological polar surface area (TPSA) is 20.7 Å². The summed E-state index contributed by atoms with van der Waals surface area (Å²) >= 11 is 8.90. The lowest BCUT2D eigenvalue weighted by atomic mass is 10.1. The van der Waals surface area contributed by atoms with Gasteiger partial charge in [-0.2, -0.15) is 0 Å². The summed E-state index contributed by atoms with van der Waals surface area (Å²) in [6, 6.07) is 16.8. The number of aryl methyl sites for hydroxylation is 2. The summed E-state index contributed by atoms with van der Waals surface area (Å²) in [5, 5.41) is 0. The van der Waals surface area contributed by atoms with Crippen LogP contribution in [0.4, 0.5) is 0 Å². The van der Waals surface area contributed by atoms with Gasteiger partial charge in [0.25, 0.3) is 0 Å². The maximum absolute atomic E-state index is 5.42. The molecule has 0 radical (unpaired) electrons. The number of fused-ring (bicyclic) bond motifs is 1. The Balaban J connectivity index is 1.78. The highest BCUT2D eigenvalue weighted by Crippen LogP contribution is 2.20. The molecule has 0 aliphatic carbocycles. The predicted molar refractivity (Wildman–Crippen MR) is 89.6 cm³/mol. The van der Waals surface area contributed by atoms with E-state index in [2.05, 4.69) is 74.0 Å². The van der Waals surface area contributed by atoms with Crippen molar-refractivity contribution in [1.29, 1.82) is 0 Å². The molecule has 1 heterocycles. The fourth-order valence-electron chi connectivity index (χ4n) is 2.44. The highest BCUT2D eigenvalue weighted by atomic mass is 79.9. The highest BCUT2D eigenvalue weighted by Gasteiger charge is 2.04. The van der Waals surface area contributed by atoms with Crippen molar-refractivity contribution in [3.8, 4) is 0 Å². The van der Waals surface area contributed by atoms with E-state index in [0.717, 1.165) is 34.1 Å². The van der Waals surface area contributed by atoms with Crippen LogP contribution < -0.4 is 0 Å². The minimum Gasteiger partial charge on any atom is -0.331 e. The van der Waals surface area contributed by atoms with Crippen LogP contribution in [0.5, 0.6) is 0 Å². The van der Waals surface area contributed by atoms with Crippen molar-refractivity contribution in [2.75, 3.05) is 0 Å². The molecule has 3 aromatic rings.